The quantitative estimate of drug-likeness (QED) is 0.731. The van der Waals surface area contributed by atoms with E-state index in [1.807, 2.05) is 4.90 Å². The van der Waals surface area contributed by atoms with Crippen LogP contribution in [0.5, 0.6) is 0 Å². The first-order valence-corrected chi connectivity index (χ1v) is 5.97. The van der Waals surface area contributed by atoms with E-state index in [1.54, 1.807) is 11.4 Å². The molecule has 2 aliphatic rings. The lowest BCUT2D eigenvalue weighted by Gasteiger charge is -2.42. The number of nitrogens with one attached hydrogen (secondary N) is 1. The van der Waals surface area contributed by atoms with E-state index in [2.05, 4.69) is 5.32 Å². The van der Waals surface area contributed by atoms with Crippen molar-refractivity contribution in [1.82, 2.24) is 10.2 Å². The minimum Gasteiger partial charge on any atom is -0.314 e. The van der Waals surface area contributed by atoms with Crippen LogP contribution in [-0.4, -0.2) is 31.1 Å². The standard InChI is InChI=1S/C10H12F2N2S/c11-10(12)6-14-3-2-13-5-8(14)9-7(10)1-4-15-9/h1,4,8,13H,2-3,5-6H2. The molecule has 1 unspecified atom stereocenters. The third-order valence-electron chi connectivity index (χ3n) is 3.15. The summed E-state index contributed by atoms with van der Waals surface area (Å²) in [7, 11) is 0. The van der Waals surface area contributed by atoms with Gasteiger partial charge >= 0.3 is 0 Å². The summed E-state index contributed by atoms with van der Waals surface area (Å²) in [4.78, 5) is 2.74. The van der Waals surface area contributed by atoms with Gasteiger partial charge in [0.15, 0.2) is 0 Å². The van der Waals surface area contributed by atoms with Crippen molar-refractivity contribution in [3.63, 3.8) is 0 Å². The lowest BCUT2D eigenvalue weighted by molar-refractivity contribution is -0.0666. The molecular weight excluding hydrogens is 218 g/mol. The number of thiophene rings is 1. The maximum absolute atomic E-state index is 13.7. The van der Waals surface area contributed by atoms with Crippen LogP contribution in [0.15, 0.2) is 11.4 Å². The first-order valence-electron chi connectivity index (χ1n) is 5.09. The van der Waals surface area contributed by atoms with Crippen molar-refractivity contribution >= 4 is 11.3 Å². The fourth-order valence-corrected chi connectivity index (χ4v) is 3.50. The minimum absolute atomic E-state index is 0.122. The van der Waals surface area contributed by atoms with Crippen molar-refractivity contribution < 1.29 is 8.78 Å². The SMILES string of the molecule is FC1(F)CN2CCNCC2c2sccc21. The van der Waals surface area contributed by atoms with Crippen molar-refractivity contribution in [3.05, 3.63) is 21.9 Å². The van der Waals surface area contributed by atoms with Gasteiger partial charge < -0.3 is 5.32 Å². The largest absolute Gasteiger partial charge is 0.314 e. The van der Waals surface area contributed by atoms with Gasteiger partial charge in [0.25, 0.3) is 5.92 Å². The Balaban J connectivity index is 2.05. The fraction of sp³-hybridized carbons (Fsp3) is 0.600. The van der Waals surface area contributed by atoms with E-state index >= 15 is 0 Å². The summed E-state index contributed by atoms with van der Waals surface area (Å²) < 4.78 is 27.5. The molecule has 5 heteroatoms. The number of piperazine rings is 1. The Bertz CT molecular complexity index is 377. The predicted octanol–water partition coefficient (Wildman–Crippen LogP) is 1.80. The van der Waals surface area contributed by atoms with Crippen LogP contribution < -0.4 is 5.32 Å². The molecule has 3 heterocycles. The molecule has 2 aliphatic heterocycles. The normalized spacial score (nSPS) is 29.6. The highest BCUT2D eigenvalue weighted by Gasteiger charge is 2.45. The average Bonchev–Trinajstić information content (AvgIpc) is 2.66. The first-order chi connectivity index (χ1) is 7.18. The van der Waals surface area contributed by atoms with Crippen LogP contribution in [0.2, 0.25) is 0 Å². The van der Waals surface area contributed by atoms with Crippen molar-refractivity contribution in [2.45, 2.75) is 12.0 Å². The van der Waals surface area contributed by atoms with Gasteiger partial charge in [-0.25, -0.2) is 0 Å². The van der Waals surface area contributed by atoms with Crippen molar-refractivity contribution in [1.29, 1.82) is 0 Å². The third kappa shape index (κ3) is 1.41. The number of alkyl halides is 2. The van der Waals surface area contributed by atoms with Crippen molar-refractivity contribution in [2.24, 2.45) is 0 Å². The summed E-state index contributed by atoms with van der Waals surface area (Å²) in [5.74, 6) is -2.66. The summed E-state index contributed by atoms with van der Waals surface area (Å²) in [6.45, 7) is 2.21. The van der Waals surface area contributed by atoms with Crippen molar-refractivity contribution in [3.8, 4) is 0 Å². The van der Waals surface area contributed by atoms with Gasteiger partial charge in [0.05, 0.1) is 12.6 Å². The van der Waals surface area contributed by atoms with Crippen LogP contribution in [0.4, 0.5) is 8.78 Å². The Morgan fingerprint density at radius 3 is 3.27 bits per heavy atom. The predicted molar refractivity (Wildman–Crippen MR) is 55.4 cm³/mol. The summed E-state index contributed by atoms with van der Waals surface area (Å²) in [5.41, 5.74) is 0.248. The van der Waals surface area contributed by atoms with E-state index < -0.39 is 5.92 Å². The maximum atomic E-state index is 13.7. The second kappa shape index (κ2) is 3.23. The number of hydrogen-bond acceptors (Lipinski definition) is 3. The van der Waals surface area contributed by atoms with Gasteiger partial charge in [-0.1, -0.05) is 0 Å². The van der Waals surface area contributed by atoms with E-state index in [0.29, 0.717) is 0 Å². The molecule has 0 spiro atoms. The topological polar surface area (TPSA) is 15.3 Å². The molecule has 0 saturated carbocycles. The smallest absolute Gasteiger partial charge is 0.286 e. The van der Waals surface area contributed by atoms with Gasteiger partial charge in [-0.2, -0.15) is 8.78 Å². The van der Waals surface area contributed by atoms with E-state index in [1.165, 1.54) is 11.3 Å². The molecule has 1 saturated heterocycles. The van der Waals surface area contributed by atoms with Crippen LogP contribution in [0.1, 0.15) is 16.5 Å². The molecule has 1 aromatic heterocycles. The van der Waals surface area contributed by atoms with Gasteiger partial charge in [0.1, 0.15) is 0 Å². The highest BCUT2D eigenvalue weighted by Crippen LogP contribution is 2.44. The Morgan fingerprint density at radius 2 is 2.40 bits per heavy atom. The third-order valence-corrected chi connectivity index (χ3v) is 4.17. The summed E-state index contributed by atoms with van der Waals surface area (Å²) in [5, 5.41) is 5.04. The van der Waals surface area contributed by atoms with Gasteiger partial charge in [-0.3, -0.25) is 4.90 Å². The highest BCUT2D eigenvalue weighted by molar-refractivity contribution is 7.10. The number of hydrogen-bond donors (Lipinski definition) is 1. The molecule has 1 atom stereocenters. The Hall–Kier alpha value is -0.520. The molecule has 82 valence electrons. The zero-order valence-electron chi connectivity index (χ0n) is 8.17. The van der Waals surface area contributed by atoms with E-state index in [9.17, 15) is 8.78 Å². The highest BCUT2D eigenvalue weighted by atomic mass is 32.1. The lowest BCUT2D eigenvalue weighted by atomic mass is 9.97. The second-order valence-corrected chi connectivity index (χ2v) is 5.04. The monoisotopic (exact) mass is 230 g/mol. The molecule has 1 aromatic rings. The van der Waals surface area contributed by atoms with Crippen LogP contribution in [0.3, 0.4) is 0 Å². The van der Waals surface area contributed by atoms with Gasteiger partial charge in [0.2, 0.25) is 0 Å². The molecule has 2 nitrogen and oxygen atoms in total. The zero-order chi connectivity index (χ0) is 10.5. The molecule has 3 rings (SSSR count). The zero-order valence-corrected chi connectivity index (χ0v) is 8.99. The molecular formula is C10H12F2N2S. The summed E-state index contributed by atoms with van der Waals surface area (Å²) in [6.07, 6.45) is 0. The molecule has 0 aromatic carbocycles. The second-order valence-electron chi connectivity index (χ2n) is 4.09. The summed E-state index contributed by atoms with van der Waals surface area (Å²) >= 11 is 1.45. The van der Waals surface area contributed by atoms with E-state index in [0.717, 1.165) is 24.5 Å². The lowest BCUT2D eigenvalue weighted by Crippen LogP contribution is -2.52. The molecule has 1 fully saturated rings. The van der Waals surface area contributed by atoms with Crippen LogP contribution in [0.25, 0.3) is 0 Å². The van der Waals surface area contributed by atoms with E-state index in [-0.39, 0.29) is 18.2 Å². The number of nitrogens with zero attached hydrogens (tertiary/aromatic N) is 1. The number of rotatable bonds is 0. The Kier molecular flexibility index (Phi) is 2.09. The first kappa shape index (κ1) is 9.69. The molecule has 1 N–H and O–H groups in total. The molecule has 0 radical (unpaired) electrons. The van der Waals surface area contributed by atoms with Crippen molar-refractivity contribution in [2.75, 3.05) is 26.2 Å². The van der Waals surface area contributed by atoms with Crippen LogP contribution in [-0.2, 0) is 5.92 Å². The fourth-order valence-electron chi connectivity index (χ4n) is 2.42. The Labute approximate surface area is 90.9 Å². The number of fused-ring (bicyclic) bond motifs is 3. The maximum Gasteiger partial charge on any atom is 0.286 e. The molecule has 0 amide bonds. The van der Waals surface area contributed by atoms with Gasteiger partial charge in [0, 0.05) is 30.1 Å². The molecule has 15 heavy (non-hydrogen) atoms. The average molecular weight is 230 g/mol. The minimum atomic E-state index is -2.66. The summed E-state index contributed by atoms with van der Waals surface area (Å²) in [6, 6.07) is 1.74. The Morgan fingerprint density at radius 1 is 1.53 bits per heavy atom. The van der Waals surface area contributed by atoms with Crippen LogP contribution >= 0.6 is 11.3 Å². The molecule has 0 bridgehead atoms. The van der Waals surface area contributed by atoms with Crippen LogP contribution in [0, 0.1) is 0 Å². The number of halogens is 2. The molecule has 0 aliphatic carbocycles. The van der Waals surface area contributed by atoms with Gasteiger partial charge in [-0.05, 0) is 11.4 Å². The van der Waals surface area contributed by atoms with E-state index in [4.69, 9.17) is 0 Å². The van der Waals surface area contributed by atoms with Gasteiger partial charge in [-0.15, -0.1) is 11.3 Å².